The summed E-state index contributed by atoms with van der Waals surface area (Å²) >= 11 is 0. The molecule has 0 aliphatic heterocycles. The highest BCUT2D eigenvalue weighted by atomic mass is 16.1. The van der Waals surface area contributed by atoms with Crippen LogP contribution in [0.2, 0.25) is 0 Å². The van der Waals surface area contributed by atoms with E-state index in [4.69, 9.17) is 0 Å². The highest BCUT2D eigenvalue weighted by Gasteiger charge is 2.39. The Morgan fingerprint density at radius 2 is 1.88 bits per heavy atom. The number of ketones is 1. The van der Waals surface area contributed by atoms with E-state index < -0.39 is 0 Å². The molecule has 3 unspecified atom stereocenters. The first-order valence-corrected chi connectivity index (χ1v) is 8.83. The molecule has 0 aromatic heterocycles. The van der Waals surface area contributed by atoms with E-state index in [1.54, 1.807) is 0 Å². The molecule has 3 nitrogen and oxygen atoms in total. The number of rotatable bonds is 5. The Kier molecular flexibility index (Phi) is 5.63. The van der Waals surface area contributed by atoms with Crippen molar-refractivity contribution in [2.24, 2.45) is 5.92 Å². The van der Waals surface area contributed by atoms with Crippen LogP contribution in [0.15, 0.2) is 24.3 Å². The average Bonchev–Trinajstić information content (AvgIpc) is 2.73. The smallest absolute Gasteiger partial charge is 0.220 e. The summed E-state index contributed by atoms with van der Waals surface area (Å²) in [6.45, 7) is 14.4. The van der Waals surface area contributed by atoms with Gasteiger partial charge in [0.1, 0.15) is 5.78 Å². The molecule has 0 radical (unpaired) electrons. The predicted octanol–water partition coefficient (Wildman–Crippen LogP) is 4.15. The fraction of sp³-hybridized carbons (Fsp3) is 0.524. The Hall–Kier alpha value is -1.90. The van der Waals surface area contributed by atoms with Gasteiger partial charge < -0.3 is 5.32 Å². The fourth-order valence-electron chi connectivity index (χ4n) is 3.79. The van der Waals surface area contributed by atoms with Crippen molar-refractivity contribution in [1.29, 1.82) is 0 Å². The Balaban J connectivity index is 2.19. The molecular weight excluding hydrogens is 298 g/mol. The lowest BCUT2D eigenvalue weighted by molar-refractivity contribution is -0.122. The number of benzene rings is 1. The largest absolute Gasteiger partial charge is 0.354 e. The number of hydrogen-bond donors (Lipinski definition) is 1. The summed E-state index contributed by atoms with van der Waals surface area (Å²) in [6.07, 6.45) is 1.68. The normalized spacial score (nSPS) is 21.9. The van der Waals surface area contributed by atoms with Crippen molar-refractivity contribution >= 4 is 11.7 Å². The summed E-state index contributed by atoms with van der Waals surface area (Å²) in [5.41, 5.74) is 5.46. The summed E-state index contributed by atoms with van der Waals surface area (Å²) < 4.78 is 0. The molecular formula is C21H29NO2. The maximum Gasteiger partial charge on any atom is 0.220 e. The SMILES string of the molecule is C=C1C(CC(=O)NC(C)CC)CC(=O)C1c1c(C)cc(C)cc1C. The molecule has 1 aromatic rings. The molecule has 1 aromatic carbocycles. The minimum atomic E-state index is -0.257. The van der Waals surface area contributed by atoms with E-state index in [0.717, 1.165) is 28.7 Å². The van der Waals surface area contributed by atoms with Gasteiger partial charge in [-0.15, -0.1) is 0 Å². The van der Waals surface area contributed by atoms with Crippen molar-refractivity contribution in [3.63, 3.8) is 0 Å². The molecule has 0 saturated heterocycles. The molecule has 3 heteroatoms. The lowest BCUT2D eigenvalue weighted by Crippen LogP contribution is -2.33. The van der Waals surface area contributed by atoms with Crippen LogP contribution in [0, 0.1) is 26.7 Å². The van der Waals surface area contributed by atoms with E-state index in [-0.39, 0.29) is 29.6 Å². The van der Waals surface area contributed by atoms with Crippen LogP contribution in [0.25, 0.3) is 0 Å². The van der Waals surface area contributed by atoms with Crippen molar-refractivity contribution in [1.82, 2.24) is 5.32 Å². The Bertz CT molecular complexity index is 651. The van der Waals surface area contributed by atoms with Crippen LogP contribution in [0.5, 0.6) is 0 Å². The Morgan fingerprint density at radius 3 is 2.42 bits per heavy atom. The second-order valence-electron chi connectivity index (χ2n) is 7.27. The van der Waals surface area contributed by atoms with Crippen molar-refractivity contribution in [2.75, 3.05) is 0 Å². The third kappa shape index (κ3) is 3.77. The van der Waals surface area contributed by atoms with Gasteiger partial charge in [0.05, 0.1) is 5.92 Å². The van der Waals surface area contributed by atoms with Crippen LogP contribution in [0.1, 0.15) is 61.3 Å². The summed E-state index contributed by atoms with van der Waals surface area (Å²) in [5.74, 6) is -0.101. The van der Waals surface area contributed by atoms with Gasteiger partial charge >= 0.3 is 0 Å². The van der Waals surface area contributed by atoms with Crippen LogP contribution in [0.3, 0.4) is 0 Å². The number of aryl methyl sites for hydroxylation is 3. The van der Waals surface area contributed by atoms with Crippen molar-refractivity contribution < 1.29 is 9.59 Å². The molecule has 1 aliphatic carbocycles. The quantitative estimate of drug-likeness (QED) is 0.826. The predicted molar refractivity (Wildman–Crippen MR) is 98.2 cm³/mol. The summed E-state index contributed by atoms with van der Waals surface area (Å²) in [7, 11) is 0. The zero-order chi connectivity index (χ0) is 18.0. The van der Waals surface area contributed by atoms with E-state index in [2.05, 4.69) is 44.8 Å². The molecule has 1 aliphatic rings. The fourth-order valence-corrected chi connectivity index (χ4v) is 3.79. The third-order valence-corrected chi connectivity index (χ3v) is 5.14. The molecule has 24 heavy (non-hydrogen) atoms. The Morgan fingerprint density at radius 1 is 1.29 bits per heavy atom. The van der Waals surface area contributed by atoms with Gasteiger partial charge in [-0.25, -0.2) is 0 Å². The van der Waals surface area contributed by atoms with Crippen molar-refractivity contribution in [3.05, 3.63) is 46.5 Å². The highest BCUT2D eigenvalue weighted by Crippen LogP contribution is 2.43. The molecule has 1 N–H and O–H groups in total. The van der Waals surface area contributed by atoms with Gasteiger partial charge in [-0.05, 0) is 56.7 Å². The standard InChI is InChI=1S/C21H29NO2/c1-7-15(5)22-19(24)11-17-10-18(23)21(16(17)6)20-13(3)8-12(2)9-14(20)4/h8-9,15,17,21H,6-7,10-11H2,1-5H3,(H,22,24). The lowest BCUT2D eigenvalue weighted by atomic mass is 9.84. The van der Waals surface area contributed by atoms with Crippen LogP contribution >= 0.6 is 0 Å². The van der Waals surface area contributed by atoms with Crippen LogP contribution in [-0.4, -0.2) is 17.7 Å². The van der Waals surface area contributed by atoms with Crippen LogP contribution in [-0.2, 0) is 9.59 Å². The minimum absolute atomic E-state index is 0.0151. The zero-order valence-corrected chi connectivity index (χ0v) is 15.5. The van der Waals surface area contributed by atoms with E-state index in [9.17, 15) is 9.59 Å². The Labute approximate surface area is 145 Å². The van der Waals surface area contributed by atoms with Gasteiger partial charge in [-0.2, -0.15) is 0 Å². The van der Waals surface area contributed by atoms with Crippen LogP contribution in [0.4, 0.5) is 0 Å². The van der Waals surface area contributed by atoms with Crippen molar-refractivity contribution in [3.8, 4) is 0 Å². The number of Topliss-reactive ketones (excluding diaryl/α,β-unsaturated/α-hetero) is 1. The first-order chi connectivity index (χ1) is 11.2. The number of nitrogens with one attached hydrogen (secondary N) is 1. The van der Waals surface area contributed by atoms with Gasteiger partial charge in [0.15, 0.2) is 0 Å². The molecule has 0 spiro atoms. The molecule has 130 valence electrons. The number of hydrogen-bond acceptors (Lipinski definition) is 2. The summed E-state index contributed by atoms with van der Waals surface area (Å²) in [6, 6.07) is 4.40. The topological polar surface area (TPSA) is 46.2 Å². The second-order valence-corrected chi connectivity index (χ2v) is 7.27. The summed E-state index contributed by atoms with van der Waals surface area (Å²) in [5, 5.41) is 2.99. The van der Waals surface area contributed by atoms with Crippen LogP contribution < -0.4 is 5.32 Å². The second kappa shape index (κ2) is 7.33. The zero-order valence-electron chi connectivity index (χ0n) is 15.5. The molecule has 1 amide bonds. The minimum Gasteiger partial charge on any atom is -0.354 e. The monoisotopic (exact) mass is 327 g/mol. The molecule has 0 bridgehead atoms. The molecule has 0 heterocycles. The first kappa shape index (κ1) is 18.4. The third-order valence-electron chi connectivity index (χ3n) is 5.14. The molecule has 1 saturated carbocycles. The van der Waals surface area contributed by atoms with Gasteiger partial charge in [0.2, 0.25) is 5.91 Å². The van der Waals surface area contributed by atoms with E-state index >= 15 is 0 Å². The maximum atomic E-state index is 12.7. The number of amides is 1. The van der Waals surface area contributed by atoms with E-state index in [1.165, 1.54) is 5.56 Å². The number of carbonyl (C=O) groups is 2. The van der Waals surface area contributed by atoms with Gasteiger partial charge in [0, 0.05) is 18.9 Å². The number of carbonyl (C=O) groups excluding carboxylic acids is 2. The summed E-state index contributed by atoms with van der Waals surface area (Å²) in [4.78, 5) is 24.8. The maximum absolute atomic E-state index is 12.7. The lowest BCUT2D eigenvalue weighted by Gasteiger charge is -2.20. The van der Waals surface area contributed by atoms with Gasteiger partial charge in [0.25, 0.3) is 0 Å². The molecule has 1 fully saturated rings. The average molecular weight is 327 g/mol. The van der Waals surface area contributed by atoms with E-state index in [1.807, 2.05) is 13.8 Å². The van der Waals surface area contributed by atoms with E-state index in [0.29, 0.717) is 12.8 Å². The van der Waals surface area contributed by atoms with Gasteiger partial charge in [-0.3, -0.25) is 9.59 Å². The van der Waals surface area contributed by atoms with Gasteiger partial charge in [-0.1, -0.05) is 36.8 Å². The number of allylic oxidation sites excluding steroid dienone is 1. The van der Waals surface area contributed by atoms with Crippen molar-refractivity contribution in [2.45, 2.75) is 65.8 Å². The molecule has 2 rings (SSSR count). The highest BCUT2D eigenvalue weighted by molar-refractivity contribution is 5.94. The first-order valence-electron chi connectivity index (χ1n) is 8.83. The molecule has 3 atom stereocenters.